The third-order valence-corrected chi connectivity index (χ3v) is 10.5. The van der Waals surface area contributed by atoms with Crippen LogP contribution >= 0.6 is 7.26 Å². The molecule has 0 radical (unpaired) electrons. The van der Waals surface area contributed by atoms with E-state index >= 15 is 0 Å². The van der Waals surface area contributed by atoms with Gasteiger partial charge in [-0.3, -0.25) is 5.41 Å². The summed E-state index contributed by atoms with van der Waals surface area (Å²) >= 11 is 0. The second kappa shape index (κ2) is 13.7. The van der Waals surface area contributed by atoms with Crippen molar-refractivity contribution in [1.29, 1.82) is 10.8 Å². The largest absolute Gasteiger partial charge is 0.387 e. The molecule has 3 rings (SSSR count). The predicted molar refractivity (Wildman–Crippen MR) is 149 cm³/mol. The highest BCUT2D eigenvalue weighted by Gasteiger charge is 2.44. The fourth-order valence-corrected chi connectivity index (χ4v) is 8.83. The summed E-state index contributed by atoms with van der Waals surface area (Å²) in [6.07, 6.45) is 7.98. The molecule has 0 spiro atoms. The molecule has 0 heterocycles. The van der Waals surface area contributed by atoms with Crippen molar-refractivity contribution < 1.29 is 0 Å². The number of hydrogen-bond acceptors (Lipinski definition) is 2. The summed E-state index contributed by atoms with van der Waals surface area (Å²) < 4.78 is 0. The van der Waals surface area contributed by atoms with Gasteiger partial charge in [-0.2, -0.15) is 0 Å². The maximum atomic E-state index is 7.89. The second-order valence-corrected chi connectivity index (χ2v) is 12.0. The summed E-state index contributed by atoms with van der Waals surface area (Å²) in [6, 6.07) is 33.2. The van der Waals surface area contributed by atoms with Crippen molar-refractivity contribution >= 4 is 34.7 Å². The Kier molecular flexibility index (Phi) is 11.0. The van der Waals surface area contributed by atoms with E-state index in [1.54, 1.807) is 0 Å². The molecule has 3 aromatic rings. The lowest BCUT2D eigenvalue weighted by Gasteiger charge is -2.27. The van der Waals surface area contributed by atoms with E-state index < -0.39 is 7.26 Å². The predicted octanol–water partition coefficient (Wildman–Crippen LogP) is 6.30. The van der Waals surface area contributed by atoms with Gasteiger partial charge in [-0.25, -0.2) is 0 Å². The van der Waals surface area contributed by atoms with Crippen molar-refractivity contribution in [3.63, 3.8) is 0 Å². The van der Waals surface area contributed by atoms with Crippen molar-refractivity contribution in [2.24, 2.45) is 5.73 Å². The van der Waals surface area contributed by atoms with Gasteiger partial charge < -0.3 is 11.1 Å². The fourth-order valence-electron chi connectivity index (χ4n) is 4.42. The minimum atomic E-state index is -1.71. The molecule has 0 saturated heterocycles. The second-order valence-electron chi connectivity index (χ2n) is 8.36. The van der Waals surface area contributed by atoms with Crippen LogP contribution in [0.15, 0.2) is 91.0 Å². The maximum Gasteiger partial charge on any atom is 0.112 e. The Morgan fingerprint density at radius 3 is 1.42 bits per heavy atom. The lowest BCUT2D eigenvalue weighted by molar-refractivity contribution is 0.643. The van der Waals surface area contributed by atoms with Crippen LogP contribution in [0.2, 0.25) is 0 Å². The topological polar surface area (TPSA) is 73.7 Å². The third kappa shape index (κ3) is 7.37. The van der Waals surface area contributed by atoms with E-state index in [0.717, 1.165) is 19.3 Å². The molecule has 0 unspecified atom stereocenters. The van der Waals surface area contributed by atoms with Crippen LogP contribution in [0.4, 0.5) is 0 Å². The van der Waals surface area contributed by atoms with Crippen LogP contribution in [0, 0.1) is 10.8 Å². The van der Waals surface area contributed by atoms with Crippen LogP contribution < -0.4 is 21.6 Å². The molecule has 0 aliphatic rings. The normalized spacial score (nSPS) is 10.9. The first-order valence-corrected chi connectivity index (χ1v) is 13.5. The Morgan fingerprint density at radius 1 is 0.606 bits per heavy atom. The monoisotopic (exact) mass is 460 g/mol. The number of benzene rings is 3. The van der Waals surface area contributed by atoms with Gasteiger partial charge in [0.15, 0.2) is 0 Å². The quantitative estimate of drug-likeness (QED) is 0.119. The number of nitrogens with one attached hydrogen (secondary N) is 2. The fraction of sp³-hybridized carbons (Fsp3) is 0.310. The summed E-state index contributed by atoms with van der Waals surface area (Å²) in [5.41, 5.74) is 5.98. The SMILES string of the molecule is C.N=C(N)CC(=N)CCCCCCC[P+](c1ccccc1)(c1ccccc1)c1ccccc1. The number of rotatable bonds is 13. The highest BCUT2D eigenvalue weighted by atomic mass is 31.2. The molecule has 0 aliphatic heterocycles. The van der Waals surface area contributed by atoms with Crippen LogP contribution in [-0.2, 0) is 0 Å². The first-order valence-electron chi connectivity index (χ1n) is 11.6. The molecule has 3 aromatic carbocycles. The van der Waals surface area contributed by atoms with Crippen LogP contribution in [0.5, 0.6) is 0 Å². The average Bonchev–Trinajstić information content (AvgIpc) is 2.82. The lowest BCUT2D eigenvalue weighted by Crippen LogP contribution is -2.33. The Balaban J connectivity index is 0.00000385. The van der Waals surface area contributed by atoms with Gasteiger partial charge in [0.05, 0.1) is 12.0 Å². The van der Waals surface area contributed by atoms with E-state index in [0.29, 0.717) is 12.1 Å². The van der Waals surface area contributed by atoms with Gasteiger partial charge in [0.1, 0.15) is 23.2 Å². The summed E-state index contributed by atoms with van der Waals surface area (Å²) in [5.74, 6) is 0.0954. The molecule has 0 bridgehead atoms. The van der Waals surface area contributed by atoms with Crippen LogP contribution in [0.3, 0.4) is 0 Å². The molecule has 0 aromatic heterocycles. The van der Waals surface area contributed by atoms with Crippen molar-refractivity contribution in [3.05, 3.63) is 91.0 Å². The molecule has 174 valence electrons. The Labute approximate surface area is 200 Å². The van der Waals surface area contributed by atoms with Crippen molar-refractivity contribution in [2.75, 3.05) is 6.16 Å². The minimum Gasteiger partial charge on any atom is -0.387 e. The number of nitrogens with two attached hydrogens (primary N) is 1. The zero-order valence-corrected chi connectivity index (χ0v) is 19.7. The number of hydrogen-bond donors (Lipinski definition) is 3. The highest BCUT2D eigenvalue weighted by molar-refractivity contribution is 7.95. The molecular weight excluding hydrogens is 421 g/mol. The number of amidine groups is 1. The van der Waals surface area contributed by atoms with Gasteiger partial charge in [-0.15, -0.1) is 0 Å². The smallest absolute Gasteiger partial charge is 0.112 e. The Hall–Kier alpha value is -2.77. The zero-order chi connectivity index (χ0) is 22.7. The van der Waals surface area contributed by atoms with Crippen molar-refractivity contribution in [1.82, 2.24) is 0 Å². The standard InChI is InChI=1S/C28H35N3P.CH4/c29-24(23-28(30)31)15-7-2-1-3-14-22-32(25-16-8-4-9-17-25,26-18-10-5-11-19-26)27-20-12-6-13-21-27;/h4-6,8-13,16-21,29H,1-3,7,14-15,22-23H2,(H3,30,31);1H4/q+1;. The van der Waals surface area contributed by atoms with E-state index in [1.165, 1.54) is 41.3 Å². The summed E-state index contributed by atoms with van der Waals surface area (Å²) in [5, 5.41) is 19.6. The Bertz CT molecular complexity index is 875. The molecule has 4 N–H and O–H groups in total. The molecule has 4 heteroatoms. The zero-order valence-electron chi connectivity index (χ0n) is 18.8. The van der Waals surface area contributed by atoms with E-state index in [1.807, 2.05) is 0 Å². The highest BCUT2D eigenvalue weighted by Crippen LogP contribution is 2.55. The van der Waals surface area contributed by atoms with Crippen LogP contribution in [0.1, 0.15) is 52.4 Å². The van der Waals surface area contributed by atoms with Gasteiger partial charge in [0.2, 0.25) is 0 Å². The molecule has 3 nitrogen and oxygen atoms in total. The molecule has 0 fully saturated rings. The molecule has 0 saturated carbocycles. The minimum absolute atomic E-state index is 0. The summed E-state index contributed by atoms with van der Waals surface area (Å²) in [4.78, 5) is 0. The van der Waals surface area contributed by atoms with Gasteiger partial charge in [-0.05, 0) is 62.1 Å². The van der Waals surface area contributed by atoms with Crippen molar-refractivity contribution in [3.8, 4) is 0 Å². The molecule has 0 atom stereocenters. The molecule has 0 amide bonds. The number of unbranched alkanes of at least 4 members (excludes halogenated alkanes) is 4. The lowest BCUT2D eigenvalue weighted by atomic mass is 10.1. The van der Waals surface area contributed by atoms with E-state index in [4.69, 9.17) is 16.6 Å². The first-order chi connectivity index (χ1) is 15.6. The van der Waals surface area contributed by atoms with Gasteiger partial charge in [0, 0.05) is 12.1 Å². The maximum absolute atomic E-state index is 7.89. The molecule has 0 aliphatic carbocycles. The van der Waals surface area contributed by atoms with Gasteiger partial charge in [-0.1, -0.05) is 74.9 Å². The first kappa shape index (κ1) is 26.5. The van der Waals surface area contributed by atoms with E-state index in [2.05, 4.69) is 91.0 Å². The van der Waals surface area contributed by atoms with Gasteiger partial charge in [0.25, 0.3) is 0 Å². The van der Waals surface area contributed by atoms with E-state index in [9.17, 15) is 0 Å². The third-order valence-electron chi connectivity index (χ3n) is 5.97. The summed E-state index contributed by atoms with van der Waals surface area (Å²) in [7, 11) is -1.71. The average molecular weight is 461 g/mol. The summed E-state index contributed by atoms with van der Waals surface area (Å²) in [6.45, 7) is 0. The van der Waals surface area contributed by atoms with Crippen LogP contribution in [-0.4, -0.2) is 17.7 Å². The molecule has 33 heavy (non-hydrogen) atoms. The molecular formula is C29H39N3P+. The van der Waals surface area contributed by atoms with Crippen LogP contribution in [0.25, 0.3) is 0 Å². The Morgan fingerprint density at radius 2 is 1.00 bits per heavy atom. The van der Waals surface area contributed by atoms with E-state index in [-0.39, 0.29) is 13.3 Å². The van der Waals surface area contributed by atoms with Crippen molar-refractivity contribution in [2.45, 2.75) is 52.4 Å². The van der Waals surface area contributed by atoms with Gasteiger partial charge >= 0.3 is 0 Å².